The van der Waals surface area contributed by atoms with Gasteiger partial charge in [0, 0.05) is 0 Å². The van der Waals surface area contributed by atoms with Crippen molar-refractivity contribution in [2.45, 2.75) is 71.1 Å². The first-order valence-electron chi connectivity index (χ1n) is 6.92. The summed E-state index contributed by atoms with van der Waals surface area (Å²) in [5, 5.41) is 0. The molecule has 0 aliphatic carbocycles. The zero-order chi connectivity index (χ0) is 11.4. The largest absolute Gasteiger partial charge is 1.00 e. The third-order valence-electron chi connectivity index (χ3n) is 2.96. The monoisotopic (exact) mass is 237 g/mol. The SMILES string of the molecule is CCCCCCCCCCCCN(C)C.[H-].[Na+]. The van der Waals surface area contributed by atoms with Crippen LogP contribution in [0.5, 0.6) is 0 Å². The van der Waals surface area contributed by atoms with E-state index in [1.807, 2.05) is 0 Å². The first kappa shape index (κ1) is 19.3. The Kier molecular flexibility index (Phi) is 19.3. The Morgan fingerprint density at radius 1 is 0.688 bits per heavy atom. The summed E-state index contributed by atoms with van der Waals surface area (Å²) >= 11 is 0. The van der Waals surface area contributed by atoms with Crippen molar-refractivity contribution in [2.24, 2.45) is 0 Å². The standard InChI is InChI=1S/C14H31N.Na.H/c1-4-5-6-7-8-9-10-11-12-13-14-15(2)3;;/h4-14H2,1-3H3;;/q;+1;-1. The maximum absolute atomic E-state index is 2.28. The molecule has 2 heteroatoms. The normalized spacial score (nSPS) is 10.5. The Balaban J connectivity index is -0.000000980. The Morgan fingerprint density at radius 2 is 1.06 bits per heavy atom. The summed E-state index contributed by atoms with van der Waals surface area (Å²) in [4.78, 5) is 2.28. The zero-order valence-corrected chi connectivity index (χ0v) is 14.2. The second kappa shape index (κ2) is 16.0. The van der Waals surface area contributed by atoms with Gasteiger partial charge in [0.1, 0.15) is 0 Å². The van der Waals surface area contributed by atoms with E-state index in [1.165, 1.54) is 70.8 Å². The molecule has 0 aliphatic rings. The van der Waals surface area contributed by atoms with Crippen LogP contribution in [0.1, 0.15) is 72.6 Å². The molecule has 16 heavy (non-hydrogen) atoms. The van der Waals surface area contributed by atoms with E-state index >= 15 is 0 Å². The van der Waals surface area contributed by atoms with E-state index < -0.39 is 0 Å². The third kappa shape index (κ3) is 17.4. The predicted octanol–water partition coefficient (Wildman–Crippen LogP) is 1.59. The van der Waals surface area contributed by atoms with E-state index in [2.05, 4.69) is 25.9 Å². The molecule has 0 atom stereocenters. The van der Waals surface area contributed by atoms with Gasteiger partial charge in [-0.15, -0.1) is 0 Å². The van der Waals surface area contributed by atoms with Gasteiger partial charge in [0.25, 0.3) is 0 Å². The minimum atomic E-state index is 0. The topological polar surface area (TPSA) is 3.24 Å². The summed E-state index contributed by atoms with van der Waals surface area (Å²) in [6, 6.07) is 0. The minimum absolute atomic E-state index is 0. The second-order valence-electron chi connectivity index (χ2n) is 4.99. The average Bonchev–Trinajstić information content (AvgIpc) is 2.20. The Hall–Kier alpha value is 0.960. The zero-order valence-electron chi connectivity index (χ0n) is 13.2. The Bertz CT molecular complexity index is 121. The van der Waals surface area contributed by atoms with E-state index in [0.29, 0.717) is 0 Å². The van der Waals surface area contributed by atoms with Crippen molar-refractivity contribution in [2.75, 3.05) is 20.6 Å². The van der Waals surface area contributed by atoms with Gasteiger partial charge in [0.2, 0.25) is 0 Å². The van der Waals surface area contributed by atoms with Gasteiger partial charge in [-0.1, -0.05) is 64.7 Å². The number of hydrogen-bond donors (Lipinski definition) is 0. The van der Waals surface area contributed by atoms with Crippen molar-refractivity contribution < 1.29 is 31.0 Å². The van der Waals surface area contributed by atoms with Gasteiger partial charge in [0.15, 0.2) is 0 Å². The average molecular weight is 237 g/mol. The van der Waals surface area contributed by atoms with Gasteiger partial charge in [-0.3, -0.25) is 0 Å². The number of rotatable bonds is 11. The van der Waals surface area contributed by atoms with Crippen molar-refractivity contribution in [3.63, 3.8) is 0 Å². The maximum Gasteiger partial charge on any atom is 1.00 e. The van der Waals surface area contributed by atoms with Crippen molar-refractivity contribution in [1.29, 1.82) is 0 Å². The van der Waals surface area contributed by atoms with Crippen molar-refractivity contribution in [3.05, 3.63) is 0 Å². The van der Waals surface area contributed by atoms with Gasteiger partial charge >= 0.3 is 29.6 Å². The van der Waals surface area contributed by atoms with Gasteiger partial charge in [-0.2, -0.15) is 0 Å². The van der Waals surface area contributed by atoms with E-state index in [0.717, 1.165) is 0 Å². The predicted molar refractivity (Wildman–Crippen MR) is 71.5 cm³/mol. The van der Waals surface area contributed by atoms with Crippen LogP contribution in [-0.2, 0) is 0 Å². The van der Waals surface area contributed by atoms with Gasteiger partial charge in [-0.05, 0) is 27.1 Å². The molecule has 0 saturated carbocycles. The maximum atomic E-state index is 2.28. The molecule has 0 aromatic heterocycles. The summed E-state index contributed by atoms with van der Waals surface area (Å²) in [7, 11) is 4.32. The van der Waals surface area contributed by atoms with E-state index in [9.17, 15) is 0 Å². The Morgan fingerprint density at radius 3 is 1.44 bits per heavy atom. The van der Waals surface area contributed by atoms with Crippen molar-refractivity contribution >= 4 is 0 Å². The van der Waals surface area contributed by atoms with E-state index in [1.54, 1.807) is 0 Å². The summed E-state index contributed by atoms with van der Waals surface area (Å²) < 4.78 is 0. The molecule has 0 N–H and O–H groups in total. The molecule has 0 radical (unpaired) electrons. The van der Waals surface area contributed by atoms with Crippen LogP contribution in [0.4, 0.5) is 0 Å². The minimum Gasteiger partial charge on any atom is -1.00 e. The molecular weight excluding hydrogens is 205 g/mol. The fourth-order valence-electron chi connectivity index (χ4n) is 1.92. The molecule has 0 aromatic rings. The molecular formula is C14H32NNa. The molecule has 0 fully saturated rings. The van der Waals surface area contributed by atoms with Crippen LogP contribution in [0.2, 0.25) is 0 Å². The van der Waals surface area contributed by atoms with Crippen LogP contribution in [0.15, 0.2) is 0 Å². The number of nitrogens with zero attached hydrogens (tertiary/aromatic N) is 1. The molecule has 0 aromatic carbocycles. The molecule has 0 spiro atoms. The van der Waals surface area contributed by atoms with Crippen LogP contribution < -0.4 is 29.6 Å². The molecule has 0 amide bonds. The summed E-state index contributed by atoms with van der Waals surface area (Å²) in [6.07, 6.45) is 14.4. The number of hydrogen-bond acceptors (Lipinski definition) is 1. The van der Waals surface area contributed by atoms with Crippen LogP contribution in [0, 0.1) is 0 Å². The first-order chi connectivity index (χ1) is 7.27. The van der Waals surface area contributed by atoms with Crippen molar-refractivity contribution in [1.82, 2.24) is 4.90 Å². The summed E-state index contributed by atoms with van der Waals surface area (Å²) in [5.41, 5.74) is 0. The summed E-state index contributed by atoms with van der Waals surface area (Å²) in [5.74, 6) is 0. The smallest absolute Gasteiger partial charge is 1.00 e. The molecule has 94 valence electrons. The third-order valence-corrected chi connectivity index (χ3v) is 2.96. The van der Waals surface area contributed by atoms with E-state index in [4.69, 9.17) is 0 Å². The molecule has 0 saturated heterocycles. The van der Waals surface area contributed by atoms with E-state index in [-0.39, 0.29) is 31.0 Å². The summed E-state index contributed by atoms with van der Waals surface area (Å²) in [6.45, 7) is 3.54. The molecule has 0 heterocycles. The quantitative estimate of drug-likeness (QED) is 0.390. The van der Waals surface area contributed by atoms with Crippen LogP contribution in [0.3, 0.4) is 0 Å². The van der Waals surface area contributed by atoms with Crippen molar-refractivity contribution in [3.8, 4) is 0 Å². The fraction of sp³-hybridized carbons (Fsp3) is 1.00. The van der Waals surface area contributed by atoms with Crippen LogP contribution in [-0.4, -0.2) is 25.5 Å². The molecule has 0 bridgehead atoms. The Labute approximate surface area is 127 Å². The molecule has 0 aliphatic heterocycles. The van der Waals surface area contributed by atoms with Crippen LogP contribution >= 0.6 is 0 Å². The fourth-order valence-corrected chi connectivity index (χ4v) is 1.92. The van der Waals surface area contributed by atoms with Crippen LogP contribution in [0.25, 0.3) is 0 Å². The van der Waals surface area contributed by atoms with Gasteiger partial charge in [0.05, 0.1) is 0 Å². The second-order valence-corrected chi connectivity index (χ2v) is 4.99. The first-order valence-corrected chi connectivity index (χ1v) is 6.92. The van der Waals surface area contributed by atoms with Gasteiger partial charge in [-0.25, -0.2) is 0 Å². The molecule has 0 unspecified atom stereocenters. The van der Waals surface area contributed by atoms with Gasteiger partial charge < -0.3 is 6.33 Å². The molecule has 0 rings (SSSR count). The molecule has 1 nitrogen and oxygen atoms in total. The number of unbranched alkanes of at least 4 members (excludes halogenated alkanes) is 9.